The maximum absolute atomic E-state index is 14.2. The monoisotopic (exact) mass is 777 g/mol. The summed E-state index contributed by atoms with van der Waals surface area (Å²) in [6, 6.07) is 24.0. The van der Waals surface area contributed by atoms with Gasteiger partial charge in [0.05, 0.1) is 6.54 Å². The highest BCUT2D eigenvalue weighted by Gasteiger charge is 2.34. The number of carbonyl (C=O) groups is 4. The van der Waals surface area contributed by atoms with Crippen molar-refractivity contribution in [1.29, 1.82) is 0 Å². The molecule has 4 aromatic carbocycles. The van der Waals surface area contributed by atoms with Crippen LogP contribution in [0.2, 0.25) is 0 Å². The first-order valence-electron chi connectivity index (χ1n) is 19.6. The van der Waals surface area contributed by atoms with Crippen LogP contribution >= 0.6 is 0 Å². The number of nitrogens with one attached hydrogen (secondary N) is 4. The Morgan fingerprint density at radius 1 is 0.807 bits per heavy atom. The number of aryl methyl sites for hydroxylation is 1. The zero-order chi connectivity index (χ0) is 40.9. The molecule has 0 aromatic heterocycles. The average molecular weight is 778 g/mol. The minimum Gasteiger partial charge on any atom is -0.492 e. The molecule has 1 aliphatic heterocycles. The predicted octanol–water partition coefficient (Wildman–Crippen LogP) is 4.04. The standard InChI is InChI=1S/C44H55N7O6/c1-5-6-7-30-8-11-32(12-9-30)33-13-15-34(16-14-33)43(54)48-27-40(52)51(47-4)41-35-17-19-39(57-23-21-46)37(26-35)36-25-31(10-18-38(36)56-22-20-45)24-28(2)49-42(53)29(3)50-44(41)55/h8-19,25-26,28-29,41,47H,5-7,20-24,27,45-46H2,1-4H3,(H,48,54)(H,49,53)(H,50,55)/t28?,29-,41?/m0/s1. The second kappa shape index (κ2) is 20.4. The van der Waals surface area contributed by atoms with Gasteiger partial charge in [-0.2, -0.15) is 0 Å². The molecule has 302 valence electrons. The van der Waals surface area contributed by atoms with Gasteiger partial charge in [0, 0.05) is 42.9 Å². The molecule has 13 heteroatoms. The van der Waals surface area contributed by atoms with Gasteiger partial charge in [-0.1, -0.05) is 61.9 Å². The van der Waals surface area contributed by atoms with E-state index in [1.54, 1.807) is 37.3 Å². The van der Waals surface area contributed by atoms with Crippen LogP contribution in [0.15, 0.2) is 84.9 Å². The molecule has 8 N–H and O–H groups in total. The molecule has 3 atom stereocenters. The molecule has 0 aliphatic carbocycles. The van der Waals surface area contributed by atoms with Crippen molar-refractivity contribution in [2.24, 2.45) is 11.5 Å². The molecule has 4 amide bonds. The summed E-state index contributed by atoms with van der Waals surface area (Å²) in [6.45, 7) is 6.25. The molecule has 0 saturated carbocycles. The van der Waals surface area contributed by atoms with Crippen molar-refractivity contribution >= 4 is 23.6 Å². The number of nitrogens with zero attached hydrogens (tertiary/aromatic N) is 1. The van der Waals surface area contributed by atoms with E-state index in [1.165, 1.54) is 12.6 Å². The molecule has 1 heterocycles. The molecule has 1 aliphatic rings. The Balaban J connectivity index is 1.45. The van der Waals surface area contributed by atoms with Gasteiger partial charge in [-0.05, 0) is 97.3 Å². The quantitative estimate of drug-likeness (QED) is 0.0969. The first kappa shape index (κ1) is 42.4. The van der Waals surface area contributed by atoms with E-state index in [4.69, 9.17) is 20.9 Å². The number of ether oxygens (including phenoxy) is 2. The lowest BCUT2D eigenvalue weighted by atomic mass is 9.94. The number of amides is 4. The fourth-order valence-electron chi connectivity index (χ4n) is 6.78. The third-order valence-electron chi connectivity index (χ3n) is 9.76. The lowest BCUT2D eigenvalue weighted by Crippen LogP contribution is -2.55. The summed E-state index contributed by atoms with van der Waals surface area (Å²) in [5.41, 5.74) is 20.7. The molecule has 4 aromatic rings. The van der Waals surface area contributed by atoms with Crippen LogP contribution in [0.5, 0.6) is 11.5 Å². The molecule has 0 radical (unpaired) electrons. The van der Waals surface area contributed by atoms with Crippen molar-refractivity contribution < 1.29 is 28.7 Å². The Hall–Kier alpha value is -5.76. The number of unbranched alkanes of at least 4 members (excludes halogenated alkanes) is 1. The lowest BCUT2D eigenvalue weighted by molar-refractivity contribution is -0.144. The van der Waals surface area contributed by atoms with E-state index in [0.717, 1.165) is 41.0 Å². The zero-order valence-electron chi connectivity index (χ0n) is 33.2. The van der Waals surface area contributed by atoms with Gasteiger partial charge in [0.1, 0.15) is 30.8 Å². The van der Waals surface area contributed by atoms with Crippen LogP contribution in [0.1, 0.15) is 66.7 Å². The normalized spacial score (nSPS) is 16.8. The number of benzene rings is 4. The largest absolute Gasteiger partial charge is 0.492 e. The number of rotatable bonds is 15. The molecule has 5 rings (SSSR count). The minimum atomic E-state index is -1.29. The number of hydrogen-bond donors (Lipinski definition) is 6. The minimum absolute atomic E-state index is 0.227. The van der Waals surface area contributed by atoms with Crippen LogP contribution in [0, 0.1) is 0 Å². The highest BCUT2D eigenvalue weighted by atomic mass is 16.5. The summed E-state index contributed by atoms with van der Waals surface area (Å²) in [6.07, 6.45) is 3.83. The molecular formula is C44H55N7O6. The molecule has 57 heavy (non-hydrogen) atoms. The molecule has 0 fully saturated rings. The number of carbonyl (C=O) groups excluding carboxylic acids is 4. The van der Waals surface area contributed by atoms with Crippen LogP contribution in [-0.2, 0) is 27.2 Å². The summed E-state index contributed by atoms with van der Waals surface area (Å²) < 4.78 is 12.2. The zero-order valence-corrected chi connectivity index (χ0v) is 33.2. The number of fused-ring (bicyclic) bond motifs is 5. The molecule has 13 nitrogen and oxygen atoms in total. The Bertz CT molecular complexity index is 2000. The van der Waals surface area contributed by atoms with Crippen LogP contribution < -0.4 is 42.3 Å². The third kappa shape index (κ3) is 11.0. The molecule has 4 bridgehead atoms. The number of hydrogen-bond acceptors (Lipinski definition) is 9. The van der Waals surface area contributed by atoms with E-state index in [-0.39, 0.29) is 38.3 Å². The Morgan fingerprint density at radius 3 is 2.04 bits per heavy atom. The van der Waals surface area contributed by atoms with Gasteiger partial charge in [0.25, 0.3) is 11.8 Å². The van der Waals surface area contributed by atoms with Gasteiger partial charge in [-0.15, -0.1) is 0 Å². The Kier molecular flexibility index (Phi) is 15.2. The van der Waals surface area contributed by atoms with Crippen molar-refractivity contribution in [3.8, 4) is 33.8 Å². The fraction of sp³-hybridized carbons (Fsp3) is 0.364. The fourth-order valence-corrected chi connectivity index (χ4v) is 6.78. The Labute approximate surface area is 334 Å². The van der Waals surface area contributed by atoms with Crippen molar-refractivity contribution in [3.05, 3.63) is 107 Å². The van der Waals surface area contributed by atoms with Gasteiger partial charge >= 0.3 is 0 Å². The second-order valence-corrected chi connectivity index (χ2v) is 14.2. The summed E-state index contributed by atoms with van der Waals surface area (Å²) >= 11 is 0. The highest BCUT2D eigenvalue weighted by molar-refractivity contribution is 5.98. The summed E-state index contributed by atoms with van der Waals surface area (Å²) in [5.74, 6) is -1.04. The van der Waals surface area contributed by atoms with E-state index in [1.807, 2.05) is 37.3 Å². The molecule has 2 unspecified atom stereocenters. The SMILES string of the molecule is CCCCc1ccc(-c2ccc(C(=O)NCC(=O)N(NC)C3C(=O)N[C@@H](C)C(=O)NC(C)Cc4ccc(OCCN)c(c4)-c4cc3ccc4OCCN)cc2)cc1. The van der Waals surface area contributed by atoms with Gasteiger partial charge in [0.15, 0.2) is 6.04 Å². The maximum Gasteiger partial charge on any atom is 0.257 e. The third-order valence-corrected chi connectivity index (χ3v) is 9.76. The van der Waals surface area contributed by atoms with Gasteiger partial charge < -0.3 is 36.9 Å². The topological polar surface area (TPSA) is 190 Å². The van der Waals surface area contributed by atoms with Crippen LogP contribution in [0.3, 0.4) is 0 Å². The highest BCUT2D eigenvalue weighted by Crippen LogP contribution is 2.40. The van der Waals surface area contributed by atoms with E-state index in [9.17, 15) is 19.2 Å². The van der Waals surface area contributed by atoms with E-state index in [0.29, 0.717) is 40.2 Å². The second-order valence-electron chi connectivity index (χ2n) is 14.2. The average Bonchev–Trinajstić information content (AvgIpc) is 3.22. The number of hydrazine groups is 1. The van der Waals surface area contributed by atoms with Gasteiger partial charge in [-0.25, -0.2) is 5.43 Å². The lowest BCUT2D eigenvalue weighted by Gasteiger charge is -2.32. The first-order valence-corrected chi connectivity index (χ1v) is 19.6. The summed E-state index contributed by atoms with van der Waals surface area (Å²) in [5, 5.41) is 9.61. The van der Waals surface area contributed by atoms with E-state index < -0.39 is 36.3 Å². The van der Waals surface area contributed by atoms with Crippen molar-refractivity contribution in [3.63, 3.8) is 0 Å². The predicted molar refractivity (Wildman–Crippen MR) is 221 cm³/mol. The van der Waals surface area contributed by atoms with Crippen LogP contribution in [-0.4, -0.2) is 80.6 Å². The molecular weight excluding hydrogens is 723 g/mol. The van der Waals surface area contributed by atoms with E-state index >= 15 is 0 Å². The van der Waals surface area contributed by atoms with Crippen LogP contribution in [0.25, 0.3) is 22.3 Å². The smallest absolute Gasteiger partial charge is 0.257 e. The summed E-state index contributed by atoms with van der Waals surface area (Å²) in [7, 11) is 1.51. The van der Waals surface area contributed by atoms with Crippen molar-refractivity contribution in [2.75, 3.05) is 39.9 Å². The first-order chi connectivity index (χ1) is 27.6. The Morgan fingerprint density at radius 2 is 1.42 bits per heavy atom. The van der Waals surface area contributed by atoms with Crippen LogP contribution in [0.4, 0.5) is 0 Å². The van der Waals surface area contributed by atoms with Gasteiger partial charge in [-0.3, -0.25) is 24.2 Å². The van der Waals surface area contributed by atoms with Gasteiger partial charge in [0.2, 0.25) is 11.8 Å². The number of nitrogens with two attached hydrogens (primary N) is 2. The van der Waals surface area contributed by atoms with Crippen molar-refractivity contribution in [2.45, 2.75) is 64.6 Å². The molecule has 0 spiro atoms. The van der Waals surface area contributed by atoms with Crippen molar-refractivity contribution in [1.82, 2.24) is 26.4 Å². The van der Waals surface area contributed by atoms with E-state index in [2.05, 4.69) is 52.6 Å². The summed E-state index contributed by atoms with van der Waals surface area (Å²) in [4.78, 5) is 54.8. The molecule has 0 saturated heterocycles. The maximum atomic E-state index is 14.2.